The van der Waals surface area contributed by atoms with Crippen LogP contribution in [0.2, 0.25) is 0 Å². The van der Waals surface area contributed by atoms with E-state index in [1.54, 1.807) is 50.2 Å². The number of rotatable bonds is 8. The van der Waals surface area contributed by atoms with Crippen LogP contribution in [-0.2, 0) is 20.2 Å². The number of anilines is 2. The standard InChI is InChI=1S/C27H24N2O7S2/c1-19-7-3-13-25(15-19)37(31,32)35-23-11-5-9-21(17-23)28-27(30)29-22-10-6-12-24(18-22)36-38(33,34)26-14-4-8-20(2)16-26/h3-18H,1-2H3,(H2,28,29,30). The number of nitrogens with one attached hydrogen (secondary N) is 2. The van der Waals surface area contributed by atoms with Crippen molar-refractivity contribution in [1.29, 1.82) is 0 Å². The van der Waals surface area contributed by atoms with Crippen LogP contribution in [0.3, 0.4) is 0 Å². The monoisotopic (exact) mass is 552 g/mol. The molecular weight excluding hydrogens is 528 g/mol. The van der Waals surface area contributed by atoms with Gasteiger partial charge in [-0.25, -0.2) is 4.79 Å². The maximum absolute atomic E-state index is 12.6. The van der Waals surface area contributed by atoms with Crippen molar-refractivity contribution in [2.45, 2.75) is 23.6 Å². The lowest BCUT2D eigenvalue weighted by Gasteiger charge is -2.12. The zero-order valence-corrected chi connectivity index (χ0v) is 22.0. The SMILES string of the molecule is Cc1cccc(S(=O)(=O)Oc2cccc(NC(=O)Nc3cccc(OS(=O)(=O)c4cccc(C)c4)c3)c2)c1. The number of benzene rings is 4. The molecule has 0 bridgehead atoms. The van der Waals surface area contributed by atoms with Crippen molar-refractivity contribution >= 4 is 37.6 Å². The summed E-state index contributed by atoms with van der Waals surface area (Å²) in [7, 11) is -8.13. The Balaban J connectivity index is 1.42. The van der Waals surface area contributed by atoms with Crippen molar-refractivity contribution < 1.29 is 30.0 Å². The molecule has 4 rings (SSSR count). The summed E-state index contributed by atoms with van der Waals surface area (Å²) in [6, 6.07) is 23.8. The molecule has 0 fully saturated rings. The fourth-order valence-electron chi connectivity index (χ4n) is 3.44. The Labute approximate surface area is 221 Å². The van der Waals surface area contributed by atoms with Gasteiger partial charge in [0.1, 0.15) is 21.3 Å². The predicted molar refractivity (Wildman–Crippen MR) is 144 cm³/mol. The fraction of sp³-hybridized carbons (Fsp3) is 0.0741. The van der Waals surface area contributed by atoms with Gasteiger partial charge in [0, 0.05) is 23.5 Å². The van der Waals surface area contributed by atoms with Crippen LogP contribution < -0.4 is 19.0 Å². The number of carbonyl (C=O) groups is 1. The second-order valence-electron chi connectivity index (χ2n) is 8.34. The van der Waals surface area contributed by atoms with Gasteiger partial charge in [0.05, 0.1) is 0 Å². The average molecular weight is 553 g/mol. The maximum Gasteiger partial charge on any atom is 0.339 e. The Hall–Kier alpha value is -4.35. The van der Waals surface area contributed by atoms with Gasteiger partial charge in [0.2, 0.25) is 0 Å². The third-order valence-corrected chi connectivity index (χ3v) is 7.64. The lowest BCUT2D eigenvalue weighted by atomic mass is 10.2. The van der Waals surface area contributed by atoms with Crippen molar-refractivity contribution in [1.82, 2.24) is 0 Å². The van der Waals surface area contributed by atoms with E-state index in [-0.39, 0.29) is 32.7 Å². The topological polar surface area (TPSA) is 128 Å². The van der Waals surface area contributed by atoms with Crippen molar-refractivity contribution in [2.75, 3.05) is 10.6 Å². The largest absolute Gasteiger partial charge is 0.379 e. The van der Waals surface area contributed by atoms with Gasteiger partial charge in [0.15, 0.2) is 0 Å². The normalized spacial score (nSPS) is 11.4. The molecule has 9 nitrogen and oxygen atoms in total. The molecule has 11 heteroatoms. The summed E-state index contributed by atoms with van der Waals surface area (Å²) in [5, 5.41) is 5.16. The maximum atomic E-state index is 12.6. The Morgan fingerprint density at radius 2 is 0.974 bits per heavy atom. The van der Waals surface area contributed by atoms with Crippen molar-refractivity contribution in [3.63, 3.8) is 0 Å². The van der Waals surface area contributed by atoms with E-state index in [0.717, 1.165) is 11.1 Å². The van der Waals surface area contributed by atoms with Gasteiger partial charge < -0.3 is 19.0 Å². The highest BCUT2D eigenvalue weighted by Gasteiger charge is 2.18. The lowest BCUT2D eigenvalue weighted by molar-refractivity contribution is 0.262. The van der Waals surface area contributed by atoms with E-state index in [9.17, 15) is 21.6 Å². The third kappa shape index (κ3) is 6.90. The van der Waals surface area contributed by atoms with Gasteiger partial charge in [-0.15, -0.1) is 0 Å². The molecule has 0 aliphatic rings. The highest BCUT2D eigenvalue weighted by atomic mass is 32.2. The summed E-state index contributed by atoms with van der Waals surface area (Å²) in [6.07, 6.45) is 0. The summed E-state index contributed by atoms with van der Waals surface area (Å²) < 4.78 is 60.8. The van der Waals surface area contributed by atoms with E-state index < -0.39 is 26.3 Å². The second-order valence-corrected chi connectivity index (χ2v) is 11.4. The summed E-state index contributed by atoms with van der Waals surface area (Å²) >= 11 is 0. The minimum Gasteiger partial charge on any atom is -0.379 e. The molecule has 0 unspecified atom stereocenters. The van der Waals surface area contributed by atoms with E-state index in [1.807, 2.05) is 0 Å². The Morgan fingerprint density at radius 3 is 1.37 bits per heavy atom. The number of hydrogen-bond acceptors (Lipinski definition) is 7. The zero-order chi connectivity index (χ0) is 27.3. The Morgan fingerprint density at radius 1 is 0.579 bits per heavy atom. The molecule has 0 saturated heterocycles. The first-order valence-electron chi connectivity index (χ1n) is 11.3. The summed E-state index contributed by atoms with van der Waals surface area (Å²) in [5.41, 5.74) is 2.08. The third-order valence-electron chi connectivity index (χ3n) is 5.15. The number of carbonyl (C=O) groups excluding carboxylic acids is 1. The van der Waals surface area contributed by atoms with E-state index >= 15 is 0 Å². The van der Waals surface area contributed by atoms with E-state index in [1.165, 1.54) is 60.7 Å². The van der Waals surface area contributed by atoms with Gasteiger partial charge in [0.25, 0.3) is 0 Å². The molecule has 0 aliphatic carbocycles. The van der Waals surface area contributed by atoms with Gasteiger partial charge in [-0.1, -0.05) is 36.4 Å². The van der Waals surface area contributed by atoms with Crippen LogP contribution in [-0.4, -0.2) is 22.9 Å². The van der Waals surface area contributed by atoms with Crippen LogP contribution in [0.15, 0.2) is 107 Å². The van der Waals surface area contributed by atoms with E-state index in [2.05, 4.69) is 10.6 Å². The molecule has 0 spiro atoms. The van der Waals surface area contributed by atoms with Crippen molar-refractivity contribution in [2.24, 2.45) is 0 Å². The van der Waals surface area contributed by atoms with E-state index in [0.29, 0.717) is 0 Å². The molecule has 0 atom stereocenters. The minimum absolute atomic E-state index is 0.0140. The van der Waals surface area contributed by atoms with E-state index in [4.69, 9.17) is 8.37 Å². The summed E-state index contributed by atoms with van der Waals surface area (Å²) in [5.74, 6) is 0.0297. The molecule has 4 aromatic carbocycles. The van der Waals surface area contributed by atoms with Crippen LogP contribution >= 0.6 is 0 Å². The number of amides is 2. The highest BCUT2D eigenvalue weighted by Crippen LogP contribution is 2.25. The molecule has 0 aromatic heterocycles. The molecule has 38 heavy (non-hydrogen) atoms. The first-order valence-corrected chi connectivity index (χ1v) is 14.1. The molecule has 196 valence electrons. The second kappa shape index (κ2) is 11.0. The van der Waals surface area contributed by atoms with Crippen LogP contribution in [0.4, 0.5) is 16.2 Å². The minimum atomic E-state index is -4.06. The molecule has 4 aromatic rings. The quantitative estimate of drug-likeness (QED) is 0.277. The molecule has 0 heterocycles. The predicted octanol–water partition coefficient (Wildman–Crippen LogP) is 5.48. The van der Waals surface area contributed by atoms with Gasteiger partial charge in [-0.2, -0.15) is 16.8 Å². The molecular formula is C27H24N2O7S2. The summed E-state index contributed by atoms with van der Waals surface area (Å²) in [6.45, 7) is 3.54. The number of aryl methyl sites for hydroxylation is 2. The average Bonchev–Trinajstić information content (AvgIpc) is 2.84. The molecule has 2 N–H and O–H groups in total. The van der Waals surface area contributed by atoms with Crippen LogP contribution in [0.1, 0.15) is 11.1 Å². The fourth-order valence-corrected chi connectivity index (χ4v) is 5.49. The number of urea groups is 1. The lowest BCUT2D eigenvalue weighted by Crippen LogP contribution is -2.19. The molecule has 0 radical (unpaired) electrons. The van der Waals surface area contributed by atoms with Gasteiger partial charge >= 0.3 is 26.3 Å². The smallest absolute Gasteiger partial charge is 0.339 e. The zero-order valence-electron chi connectivity index (χ0n) is 20.4. The van der Waals surface area contributed by atoms with Crippen LogP contribution in [0.25, 0.3) is 0 Å². The van der Waals surface area contributed by atoms with Crippen molar-refractivity contribution in [3.8, 4) is 11.5 Å². The molecule has 0 saturated carbocycles. The van der Waals surface area contributed by atoms with Crippen LogP contribution in [0.5, 0.6) is 11.5 Å². The van der Waals surface area contributed by atoms with Crippen LogP contribution in [0, 0.1) is 13.8 Å². The highest BCUT2D eigenvalue weighted by molar-refractivity contribution is 7.87. The van der Waals surface area contributed by atoms with Gasteiger partial charge in [-0.05, 0) is 73.5 Å². The van der Waals surface area contributed by atoms with Gasteiger partial charge in [-0.3, -0.25) is 0 Å². The first kappa shape index (κ1) is 26.7. The Kier molecular flexibility index (Phi) is 7.70. The summed E-state index contributed by atoms with van der Waals surface area (Å²) in [4.78, 5) is 12.6. The Bertz CT molecular complexity index is 1580. The molecule has 0 aliphatic heterocycles. The van der Waals surface area contributed by atoms with Crippen molar-refractivity contribution in [3.05, 3.63) is 108 Å². The first-order chi connectivity index (χ1) is 18.0. The number of hydrogen-bond donors (Lipinski definition) is 2. The molecule has 2 amide bonds.